The van der Waals surface area contributed by atoms with Gasteiger partial charge in [0.2, 0.25) is 0 Å². The van der Waals surface area contributed by atoms with Crippen molar-refractivity contribution in [2.75, 3.05) is 5.32 Å². The van der Waals surface area contributed by atoms with E-state index in [-0.39, 0.29) is 16.3 Å². The van der Waals surface area contributed by atoms with Gasteiger partial charge in [0, 0.05) is 11.8 Å². The number of phenols is 1. The fourth-order valence-corrected chi connectivity index (χ4v) is 1.74. The lowest BCUT2D eigenvalue weighted by atomic mass is 10.2. The maximum Gasteiger partial charge on any atom is 0.260 e. The zero-order valence-corrected chi connectivity index (χ0v) is 9.91. The minimum atomic E-state index is -0.694. The number of halogens is 2. The number of phenolic OH excluding ortho intramolecular Hbond substituents is 1. The first-order chi connectivity index (χ1) is 8.58. The molecule has 0 aliphatic carbocycles. The smallest absolute Gasteiger partial charge is 0.260 e. The van der Waals surface area contributed by atoms with E-state index in [1.54, 1.807) is 12.1 Å². The molecule has 0 saturated carbocycles. The van der Waals surface area contributed by atoms with E-state index >= 15 is 0 Å². The van der Waals surface area contributed by atoms with Crippen molar-refractivity contribution in [1.82, 2.24) is 0 Å². The standard InChI is InChI=1S/C13H9ClFNO2/c14-10-5-2-6-11(15)12(10)13(18)16-8-3-1-4-9(17)7-8/h1-7,17H,(H,16,18). The predicted molar refractivity (Wildman–Crippen MR) is 67.5 cm³/mol. The van der Waals surface area contributed by atoms with Crippen LogP contribution in [0, 0.1) is 5.82 Å². The molecule has 0 aliphatic heterocycles. The molecule has 92 valence electrons. The molecule has 0 heterocycles. The molecular formula is C13H9ClFNO2. The van der Waals surface area contributed by atoms with Crippen molar-refractivity contribution in [2.45, 2.75) is 0 Å². The maximum absolute atomic E-state index is 13.5. The number of carbonyl (C=O) groups excluding carboxylic acids is 1. The lowest BCUT2D eigenvalue weighted by Crippen LogP contribution is -2.14. The fraction of sp³-hybridized carbons (Fsp3) is 0. The molecule has 0 unspecified atom stereocenters. The van der Waals surface area contributed by atoms with Gasteiger partial charge in [0.25, 0.3) is 5.91 Å². The van der Waals surface area contributed by atoms with Gasteiger partial charge in [-0.25, -0.2) is 4.39 Å². The second-order valence-corrected chi connectivity index (χ2v) is 4.01. The molecule has 1 amide bonds. The molecule has 0 bridgehead atoms. The van der Waals surface area contributed by atoms with Gasteiger partial charge in [0.1, 0.15) is 11.6 Å². The zero-order chi connectivity index (χ0) is 13.1. The van der Waals surface area contributed by atoms with E-state index in [2.05, 4.69) is 5.32 Å². The normalized spacial score (nSPS) is 10.1. The molecule has 2 rings (SSSR count). The van der Waals surface area contributed by atoms with E-state index in [9.17, 15) is 14.3 Å². The Kier molecular flexibility index (Phi) is 3.48. The van der Waals surface area contributed by atoms with Gasteiger partial charge in [0.15, 0.2) is 0 Å². The number of aromatic hydroxyl groups is 1. The highest BCUT2D eigenvalue weighted by molar-refractivity contribution is 6.34. The van der Waals surface area contributed by atoms with Crippen LogP contribution in [0.3, 0.4) is 0 Å². The predicted octanol–water partition coefficient (Wildman–Crippen LogP) is 3.44. The molecule has 0 saturated heterocycles. The highest BCUT2D eigenvalue weighted by Crippen LogP contribution is 2.21. The Balaban J connectivity index is 2.28. The van der Waals surface area contributed by atoms with Crippen LogP contribution in [0.2, 0.25) is 5.02 Å². The summed E-state index contributed by atoms with van der Waals surface area (Å²) in [4.78, 5) is 11.8. The molecule has 0 aliphatic rings. The second kappa shape index (κ2) is 5.06. The van der Waals surface area contributed by atoms with Crippen molar-refractivity contribution < 1.29 is 14.3 Å². The third-order valence-corrected chi connectivity index (χ3v) is 2.61. The van der Waals surface area contributed by atoms with Crippen LogP contribution in [0.25, 0.3) is 0 Å². The van der Waals surface area contributed by atoms with E-state index < -0.39 is 11.7 Å². The van der Waals surface area contributed by atoms with Gasteiger partial charge >= 0.3 is 0 Å². The summed E-state index contributed by atoms with van der Waals surface area (Å²) in [6.45, 7) is 0. The van der Waals surface area contributed by atoms with E-state index in [0.717, 1.165) is 6.07 Å². The summed E-state index contributed by atoms with van der Waals surface area (Å²) in [6, 6.07) is 9.97. The van der Waals surface area contributed by atoms with Crippen LogP contribution in [-0.2, 0) is 0 Å². The molecule has 5 heteroatoms. The number of anilines is 1. The highest BCUT2D eigenvalue weighted by Gasteiger charge is 2.15. The average Bonchev–Trinajstić information content (AvgIpc) is 2.28. The highest BCUT2D eigenvalue weighted by atomic mass is 35.5. The molecule has 2 N–H and O–H groups in total. The lowest BCUT2D eigenvalue weighted by molar-refractivity contribution is 0.102. The van der Waals surface area contributed by atoms with E-state index in [0.29, 0.717) is 5.69 Å². The second-order valence-electron chi connectivity index (χ2n) is 3.60. The molecule has 3 nitrogen and oxygen atoms in total. The molecular weight excluding hydrogens is 257 g/mol. The minimum absolute atomic E-state index is 0.00688. The number of hydrogen-bond donors (Lipinski definition) is 2. The Morgan fingerprint density at radius 2 is 1.94 bits per heavy atom. The van der Waals surface area contributed by atoms with E-state index in [4.69, 9.17) is 11.6 Å². The summed E-state index contributed by atoms with van der Waals surface area (Å²) < 4.78 is 13.5. The summed E-state index contributed by atoms with van der Waals surface area (Å²) in [5.74, 6) is -1.35. The van der Waals surface area contributed by atoms with E-state index in [1.807, 2.05) is 0 Å². The van der Waals surface area contributed by atoms with Crippen LogP contribution < -0.4 is 5.32 Å². The number of benzene rings is 2. The Bertz CT molecular complexity index is 581. The minimum Gasteiger partial charge on any atom is -0.508 e. The molecule has 0 radical (unpaired) electrons. The monoisotopic (exact) mass is 265 g/mol. The van der Waals surface area contributed by atoms with Gasteiger partial charge in [-0.1, -0.05) is 23.7 Å². The van der Waals surface area contributed by atoms with Crippen molar-refractivity contribution in [3.05, 3.63) is 58.9 Å². The molecule has 0 aromatic heterocycles. The SMILES string of the molecule is O=C(Nc1cccc(O)c1)c1c(F)cccc1Cl. The molecule has 0 spiro atoms. The first-order valence-electron chi connectivity index (χ1n) is 5.12. The fourth-order valence-electron chi connectivity index (χ4n) is 1.49. The van der Waals surface area contributed by atoms with Crippen LogP contribution in [0.1, 0.15) is 10.4 Å². The molecule has 0 fully saturated rings. The summed E-state index contributed by atoms with van der Waals surface area (Å²) in [7, 11) is 0. The number of hydrogen-bond acceptors (Lipinski definition) is 2. The van der Waals surface area contributed by atoms with Crippen molar-refractivity contribution in [1.29, 1.82) is 0 Å². The number of amides is 1. The van der Waals surface area contributed by atoms with Crippen LogP contribution in [-0.4, -0.2) is 11.0 Å². The molecule has 18 heavy (non-hydrogen) atoms. The van der Waals surface area contributed by atoms with Crippen molar-refractivity contribution in [3.63, 3.8) is 0 Å². The Morgan fingerprint density at radius 1 is 1.22 bits per heavy atom. The number of nitrogens with one attached hydrogen (secondary N) is 1. The third-order valence-electron chi connectivity index (χ3n) is 2.29. The number of rotatable bonds is 2. The summed E-state index contributed by atoms with van der Waals surface area (Å²) >= 11 is 5.77. The third kappa shape index (κ3) is 2.60. The number of carbonyl (C=O) groups is 1. The van der Waals surface area contributed by atoms with Gasteiger partial charge < -0.3 is 10.4 Å². The van der Waals surface area contributed by atoms with E-state index in [1.165, 1.54) is 24.3 Å². The summed E-state index contributed by atoms with van der Waals surface area (Å²) in [5, 5.41) is 11.7. The maximum atomic E-state index is 13.5. The van der Waals surface area contributed by atoms with Crippen LogP contribution in [0.4, 0.5) is 10.1 Å². The first-order valence-corrected chi connectivity index (χ1v) is 5.50. The van der Waals surface area contributed by atoms with Crippen molar-refractivity contribution in [3.8, 4) is 5.75 Å². The molecule has 2 aromatic carbocycles. The largest absolute Gasteiger partial charge is 0.508 e. The van der Waals surface area contributed by atoms with Gasteiger partial charge in [-0.3, -0.25) is 4.79 Å². The van der Waals surface area contributed by atoms with Crippen molar-refractivity contribution >= 4 is 23.2 Å². The summed E-state index contributed by atoms with van der Waals surface area (Å²) in [5.41, 5.74) is 0.141. The Morgan fingerprint density at radius 3 is 2.61 bits per heavy atom. The zero-order valence-electron chi connectivity index (χ0n) is 9.15. The molecule has 2 aromatic rings. The van der Waals surface area contributed by atoms with Gasteiger partial charge in [-0.15, -0.1) is 0 Å². The van der Waals surface area contributed by atoms with Crippen LogP contribution in [0.5, 0.6) is 5.75 Å². The first kappa shape index (κ1) is 12.4. The Hall–Kier alpha value is -2.07. The Labute approximate surface area is 108 Å². The quantitative estimate of drug-likeness (QED) is 0.874. The van der Waals surface area contributed by atoms with Gasteiger partial charge in [-0.05, 0) is 24.3 Å². The van der Waals surface area contributed by atoms with Crippen LogP contribution in [0.15, 0.2) is 42.5 Å². The summed E-state index contributed by atoms with van der Waals surface area (Å²) in [6.07, 6.45) is 0. The molecule has 0 atom stereocenters. The van der Waals surface area contributed by atoms with Crippen molar-refractivity contribution in [2.24, 2.45) is 0 Å². The lowest BCUT2D eigenvalue weighted by Gasteiger charge is -2.07. The average molecular weight is 266 g/mol. The van der Waals surface area contributed by atoms with Crippen LogP contribution >= 0.6 is 11.6 Å². The topological polar surface area (TPSA) is 49.3 Å². The van der Waals surface area contributed by atoms with Gasteiger partial charge in [-0.2, -0.15) is 0 Å². The van der Waals surface area contributed by atoms with Gasteiger partial charge in [0.05, 0.1) is 10.6 Å².